The molecule has 0 aliphatic heterocycles. The van der Waals surface area contributed by atoms with Crippen molar-refractivity contribution in [3.05, 3.63) is 64.9 Å². The van der Waals surface area contributed by atoms with Gasteiger partial charge in [-0.2, -0.15) is 0 Å². The van der Waals surface area contributed by atoms with Crippen LogP contribution in [0.5, 0.6) is 0 Å². The average molecular weight is 335 g/mol. The first-order valence-corrected chi connectivity index (χ1v) is 7.61. The van der Waals surface area contributed by atoms with E-state index in [4.69, 9.17) is 16.3 Å². The van der Waals surface area contributed by atoms with Crippen LogP contribution in [0.25, 0.3) is 0 Å². The lowest BCUT2D eigenvalue weighted by Gasteiger charge is -2.20. The fourth-order valence-electron chi connectivity index (χ4n) is 2.06. The molecule has 0 saturated carbocycles. The maximum absolute atomic E-state index is 12.2. The van der Waals surface area contributed by atoms with Crippen LogP contribution in [0.1, 0.15) is 16.1 Å². The zero-order chi connectivity index (χ0) is 16.7. The predicted octanol–water partition coefficient (Wildman–Crippen LogP) is 2.38. The van der Waals surface area contributed by atoms with Gasteiger partial charge in [0.25, 0.3) is 5.91 Å². The first kappa shape index (κ1) is 17.4. The molecule has 1 aromatic heterocycles. The minimum atomic E-state index is -0.771. The van der Waals surface area contributed by atoms with Gasteiger partial charge in [0, 0.05) is 24.8 Å². The summed E-state index contributed by atoms with van der Waals surface area (Å²) in [5.41, 5.74) is 1.28. The van der Waals surface area contributed by atoms with Crippen LogP contribution in [0.15, 0.2) is 48.7 Å². The van der Waals surface area contributed by atoms with E-state index in [-0.39, 0.29) is 24.8 Å². The number of rotatable bonds is 7. The summed E-state index contributed by atoms with van der Waals surface area (Å²) in [6, 6.07) is 12.8. The Morgan fingerprint density at radius 1 is 1.35 bits per heavy atom. The van der Waals surface area contributed by atoms with Crippen LogP contribution in [-0.2, 0) is 11.3 Å². The van der Waals surface area contributed by atoms with Gasteiger partial charge in [-0.05, 0) is 17.7 Å². The van der Waals surface area contributed by atoms with Gasteiger partial charge in [0.05, 0.1) is 19.3 Å². The number of carbonyl (C=O) groups is 1. The molecular weight excluding hydrogens is 316 g/mol. The molecule has 122 valence electrons. The first-order chi connectivity index (χ1) is 11.1. The minimum absolute atomic E-state index is 0.148. The molecule has 1 unspecified atom stereocenters. The Kier molecular flexibility index (Phi) is 6.52. The molecule has 1 aromatic carbocycles. The highest BCUT2D eigenvalue weighted by molar-refractivity contribution is 6.30. The molecule has 1 N–H and O–H groups in total. The molecule has 1 atom stereocenters. The molecule has 2 rings (SSSR count). The van der Waals surface area contributed by atoms with Crippen molar-refractivity contribution in [2.45, 2.75) is 12.7 Å². The van der Waals surface area contributed by atoms with Crippen LogP contribution >= 0.6 is 11.6 Å². The fourth-order valence-corrected chi connectivity index (χ4v) is 2.22. The molecule has 0 fully saturated rings. The molecule has 0 aliphatic carbocycles. The van der Waals surface area contributed by atoms with E-state index in [0.717, 1.165) is 5.56 Å². The third-order valence-electron chi connectivity index (χ3n) is 3.19. The van der Waals surface area contributed by atoms with Crippen molar-refractivity contribution < 1.29 is 14.6 Å². The Morgan fingerprint density at radius 2 is 2.09 bits per heavy atom. The van der Waals surface area contributed by atoms with Gasteiger partial charge in [-0.3, -0.25) is 9.78 Å². The van der Waals surface area contributed by atoms with Crippen molar-refractivity contribution in [2.24, 2.45) is 0 Å². The van der Waals surface area contributed by atoms with Gasteiger partial charge in [0.1, 0.15) is 5.69 Å². The zero-order valence-electron chi connectivity index (χ0n) is 12.9. The van der Waals surface area contributed by atoms with Crippen LogP contribution < -0.4 is 0 Å². The van der Waals surface area contributed by atoms with Crippen LogP contribution in [0, 0.1) is 0 Å². The zero-order valence-corrected chi connectivity index (χ0v) is 13.6. The summed E-state index contributed by atoms with van der Waals surface area (Å²) < 4.78 is 5.46. The summed E-state index contributed by atoms with van der Waals surface area (Å²) in [7, 11) is 1.60. The maximum atomic E-state index is 12.2. The van der Waals surface area contributed by atoms with Gasteiger partial charge in [0.15, 0.2) is 0 Å². The van der Waals surface area contributed by atoms with Gasteiger partial charge in [-0.25, -0.2) is 0 Å². The van der Waals surface area contributed by atoms with Gasteiger partial charge >= 0.3 is 0 Å². The Morgan fingerprint density at radius 3 is 2.78 bits per heavy atom. The minimum Gasteiger partial charge on any atom is -0.389 e. The number of nitrogens with zero attached hydrogens (tertiary/aromatic N) is 2. The topological polar surface area (TPSA) is 62.7 Å². The quantitative estimate of drug-likeness (QED) is 0.844. The van der Waals surface area contributed by atoms with E-state index in [2.05, 4.69) is 4.98 Å². The lowest BCUT2D eigenvalue weighted by Crippen LogP contribution is -2.36. The van der Waals surface area contributed by atoms with E-state index < -0.39 is 6.10 Å². The maximum Gasteiger partial charge on any atom is 0.272 e. The summed E-state index contributed by atoms with van der Waals surface area (Å²) in [4.78, 5) is 17.6. The third kappa shape index (κ3) is 5.63. The highest BCUT2D eigenvalue weighted by Gasteiger charge is 2.17. The van der Waals surface area contributed by atoms with Gasteiger partial charge < -0.3 is 14.7 Å². The van der Waals surface area contributed by atoms with Crippen molar-refractivity contribution in [1.82, 2.24) is 9.88 Å². The number of hydrogen-bond acceptors (Lipinski definition) is 4. The van der Waals surface area contributed by atoms with Gasteiger partial charge in [-0.1, -0.05) is 41.9 Å². The number of ether oxygens (including phenoxy) is 1. The van der Waals surface area contributed by atoms with E-state index >= 15 is 0 Å². The monoisotopic (exact) mass is 334 g/mol. The summed E-state index contributed by atoms with van der Waals surface area (Å²) in [5.74, 6) is -0.297. The second kappa shape index (κ2) is 8.62. The van der Waals surface area contributed by atoms with Crippen molar-refractivity contribution in [3.63, 3.8) is 0 Å². The standard InChI is InChI=1S/C17H19ClN2O3/c1-20(17(22)16-9-14(18)7-8-19-16)10-15(21)12-23-11-13-5-3-2-4-6-13/h2-9,15,21H,10-12H2,1H3. The van der Waals surface area contributed by atoms with Crippen molar-refractivity contribution in [1.29, 1.82) is 0 Å². The van der Waals surface area contributed by atoms with E-state index in [9.17, 15) is 9.90 Å². The number of hydrogen-bond donors (Lipinski definition) is 1. The molecule has 0 radical (unpaired) electrons. The molecule has 0 saturated heterocycles. The average Bonchev–Trinajstić information content (AvgIpc) is 2.55. The van der Waals surface area contributed by atoms with Crippen molar-refractivity contribution in [3.8, 4) is 0 Å². The van der Waals surface area contributed by atoms with Crippen LogP contribution in [0.4, 0.5) is 0 Å². The second-order valence-electron chi connectivity index (χ2n) is 5.20. The van der Waals surface area contributed by atoms with Crippen molar-refractivity contribution >= 4 is 17.5 Å². The normalized spacial score (nSPS) is 12.0. The number of aliphatic hydroxyl groups excluding tert-OH is 1. The molecule has 1 heterocycles. The SMILES string of the molecule is CN(CC(O)COCc1ccccc1)C(=O)c1cc(Cl)ccn1. The summed E-state index contributed by atoms with van der Waals surface area (Å²) in [6.45, 7) is 0.725. The molecule has 0 bridgehead atoms. The van der Waals surface area contributed by atoms with Crippen LogP contribution in [0.3, 0.4) is 0 Å². The third-order valence-corrected chi connectivity index (χ3v) is 3.43. The summed E-state index contributed by atoms with van der Waals surface area (Å²) in [6.07, 6.45) is 0.704. The number of likely N-dealkylation sites (N-methyl/N-ethyl adjacent to an activating group) is 1. The molecule has 1 amide bonds. The Bertz CT molecular complexity index is 637. The number of amides is 1. The highest BCUT2D eigenvalue weighted by atomic mass is 35.5. The van der Waals surface area contributed by atoms with Crippen LogP contribution in [-0.4, -0.2) is 47.2 Å². The number of aromatic nitrogens is 1. The molecule has 5 nitrogen and oxygen atoms in total. The number of halogens is 1. The summed E-state index contributed by atoms with van der Waals surface area (Å²) in [5, 5.41) is 10.4. The molecule has 0 aliphatic rings. The summed E-state index contributed by atoms with van der Waals surface area (Å²) >= 11 is 5.85. The number of aliphatic hydroxyl groups is 1. The van der Waals surface area contributed by atoms with Gasteiger partial charge in [-0.15, -0.1) is 0 Å². The Labute approximate surface area is 140 Å². The second-order valence-corrected chi connectivity index (χ2v) is 5.64. The smallest absolute Gasteiger partial charge is 0.272 e. The molecule has 0 spiro atoms. The fraction of sp³-hybridized carbons (Fsp3) is 0.294. The molecule has 23 heavy (non-hydrogen) atoms. The Hall–Kier alpha value is -1.95. The molecule has 2 aromatic rings. The highest BCUT2D eigenvalue weighted by Crippen LogP contribution is 2.10. The van der Waals surface area contributed by atoms with Crippen LogP contribution in [0.2, 0.25) is 5.02 Å². The van der Waals surface area contributed by atoms with E-state index in [1.165, 1.54) is 17.2 Å². The number of carbonyl (C=O) groups excluding carboxylic acids is 1. The molecule has 6 heteroatoms. The number of benzene rings is 1. The van der Waals surface area contributed by atoms with Gasteiger partial charge in [0.2, 0.25) is 0 Å². The molecular formula is C17H19ClN2O3. The van der Waals surface area contributed by atoms with E-state index in [1.54, 1.807) is 13.1 Å². The predicted molar refractivity (Wildman–Crippen MR) is 88.3 cm³/mol. The largest absolute Gasteiger partial charge is 0.389 e. The lowest BCUT2D eigenvalue weighted by atomic mass is 10.2. The van der Waals surface area contributed by atoms with E-state index in [1.807, 2.05) is 30.3 Å². The Balaban J connectivity index is 1.78. The van der Waals surface area contributed by atoms with E-state index in [0.29, 0.717) is 11.6 Å². The lowest BCUT2D eigenvalue weighted by molar-refractivity contribution is 0.0136. The first-order valence-electron chi connectivity index (χ1n) is 7.23. The van der Waals surface area contributed by atoms with Crippen molar-refractivity contribution in [2.75, 3.05) is 20.2 Å². The number of pyridine rings is 1.